The lowest BCUT2D eigenvalue weighted by Crippen LogP contribution is -2.50. The van der Waals surface area contributed by atoms with Crippen LogP contribution in [0.1, 0.15) is 0 Å². The van der Waals surface area contributed by atoms with Gasteiger partial charge in [-0.3, -0.25) is 4.79 Å². The number of carbonyl (C=O) groups is 1. The molecule has 1 amide bonds. The van der Waals surface area contributed by atoms with Crippen LogP contribution < -0.4 is 10.2 Å². The molecule has 0 saturated carbocycles. The van der Waals surface area contributed by atoms with Crippen LogP contribution in [-0.2, 0) is 4.79 Å². The average molecular weight is 285 g/mol. The summed E-state index contributed by atoms with van der Waals surface area (Å²) in [5, 5.41) is 2.99. The molecule has 1 saturated heterocycles. The summed E-state index contributed by atoms with van der Waals surface area (Å²) in [6.07, 6.45) is 3.39. The number of hydrogen-bond acceptors (Lipinski definition) is 4. The van der Waals surface area contributed by atoms with E-state index in [2.05, 4.69) is 32.3 Å². The van der Waals surface area contributed by atoms with Crippen LogP contribution in [0.25, 0.3) is 0 Å². The summed E-state index contributed by atoms with van der Waals surface area (Å²) in [5.41, 5.74) is 1.22. The van der Waals surface area contributed by atoms with E-state index in [1.54, 1.807) is 12.4 Å². The highest BCUT2D eigenvalue weighted by Gasteiger charge is 2.20. The van der Waals surface area contributed by atoms with Gasteiger partial charge in [-0.1, -0.05) is 18.2 Å². The van der Waals surface area contributed by atoms with Gasteiger partial charge in [-0.2, -0.15) is 0 Å². The molecule has 1 fully saturated rings. The molecule has 110 valence electrons. The van der Waals surface area contributed by atoms with Gasteiger partial charge in [0.1, 0.15) is 0 Å². The second-order valence-corrected chi connectivity index (χ2v) is 4.99. The number of carbonyl (C=O) groups excluding carboxylic acids is 1. The molecule has 2 N–H and O–H groups in total. The first kappa shape index (κ1) is 13.5. The van der Waals surface area contributed by atoms with E-state index in [1.807, 2.05) is 23.1 Å². The molecule has 1 aromatic heterocycles. The molecule has 0 unspecified atom stereocenters. The van der Waals surface area contributed by atoms with Crippen molar-refractivity contribution in [3.05, 3.63) is 42.7 Å². The first-order chi connectivity index (χ1) is 10.3. The first-order valence-corrected chi connectivity index (χ1v) is 7.14. The van der Waals surface area contributed by atoms with Crippen molar-refractivity contribution in [1.29, 1.82) is 0 Å². The number of aromatic amines is 1. The Morgan fingerprint density at radius 2 is 1.95 bits per heavy atom. The summed E-state index contributed by atoms with van der Waals surface area (Å²) in [6, 6.07) is 10.3. The summed E-state index contributed by atoms with van der Waals surface area (Å²) >= 11 is 0. The molecule has 1 aliphatic heterocycles. The summed E-state index contributed by atoms with van der Waals surface area (Å²) in [6.45, 7) is 3.53. The van der Waals surface area contributed by atoms with Gasteiger partial charge in [0.25, 0.3) is 0 Å². The van der Waals surface area contributed by atoms with Gasteiger partial charge < -0.3 is 20.1 Å². The predicted octanol–water partition coefficient (Wildman–Crippen LogP) is 1.17. The van der Waals surface area contributed by atoms with Crippen LogP contribution in [0.15, 0.2) is 42.7 Å². The molecule has 6 heteroatoms. The van der Waals surface area contributed by atoms with Crippen molar-refractivity contribution >= 4 is 17.5 Å². The standard InChI is InChI=1S/C15H19N5O/c21-14(12-18-15-16-6-7-17-15)20-10-8-19(9-11-20)13-4-2-1-3-5-13/h1-7H,8-12H2,(H2,16,17,18). The van der Waals surface area contributed by atoms with E-state index in [4.69, 9.17) is 0 Å². The number of piperazine rings is 1. The van der Waals surface area contributed by atoms with Crippen molar-refractivity contribution in [2.24, 2.45) is 0 Å². The van der Waals surface area contributed by atoms with Crippen molar-refractivity contribution in [3.63, 3.8) is 0 Å². The van der Waals surface area contributed by atoms with Crippen molar-refractivity contribution in [3.8, 4) is 0 Å². The third-order valence-corrected chi connectivity index (χ3v) is 3.66. The topological polar surface area (TPSA) is 64.3 Å². The average Bonchev–Trinajstić information content (AvgIpc) is 3.07. The maximum absolute atomic E-state index is 12.1. The third-order valence-electron chi connectivity index (χ3n) is 3.66. The molecule has 6 nitrogen and oxygen atoms in total. The van der Waals surface area contributed by atoms with Gasteiger partial charge in [0.2, 0.25) is 11.9 Å². The fourth-order valence-corrected chi connectivity index (χ4v) is 2.49. The van der Waals surface area contributed by atoms with E-state index in [-0.39, 0.29) is 12.5 Å². The molecule has 0 radical (unpaired) electrons. The Labute approximate surface area is 123 Å². The number of nitrogens with one attached hydrogen (secondary N) is 2. The number of nitrogens with zero attached hydrogens (tertiary/aromatic N) is 3. The van der Waals surface area contributed by atoms with Gasteiger partial charge in [-0.25, -0.2) is 4.98 Å². The van der Waals surface area contributed by atoms with Crippen LogP contribution in [0, 0.1) is 0 Å². The molecule has 2 aromatic rings. The van der Waals surface area contributed by atoms with Crippen molar-refractivity contribution < 1.29 is 4.79 Å². The quantitative estimate of drug-likeness (QED) is 0.885. The van der Waals surface area contributed by atoms with Crippen molar-refractivity contribution in [2.45, 2.75) is 0 Å². The lowest BCUT2D eigenvalue weighted by Gasteiger charge is -2.36. The highest BCUT2D eigenvalue weighted by atomic mass is 16.2. The van der Waals surface area contributed by atoms with Gasteiger partial charge >= 0.3 is 0 Å². The van der Waals surface area contributed by atoms with E-state index in [0.29, 0.717) is 5.95 Å². The Morgan fingerprint density at radius 1 is 1.19 bits per heavy atom. The maximum atomic E-state index is 12.1. The molecule has 2 heterocycles. The zero-order valence-corrected chi connectivity index (χ0v) is 11.8. The molecule has 0 atom stereocenters. The number of aromatic nitrogens is 2. The number of benzene rings is 1. The summed E-state index contributed by atoms with van der Waals surface area (Å²) < 4.78 is 0. The molecular formula is C15H19N5O. The minimum absolute atomic E-state index is 0.110. The summed E-state index contributed by atoms with van der Waals surface area (Å²) in [4.78, 5) is 23.3. The number of amides is 1. The summed E-state index contributed by atoms with van der Waals surface area (Å²) in [7, 11) is 0. The SMILES string of the molecule is O=C(CNc1ncc[nH]1)N1CCN(c2ccccc2)CC1. The lowest BCUT2D eigenvalue weighted by molar-refractivity contribution is -0.129. The normalized spacial score (nSPS) is 15.0. The molecular weight excluding hydrogens is 266 g/mol. The molecule has 1 aliphatic rings. The zero-order chi connectivity index (χ0) is 14.5. The van der Waals surface area contributed by atoms with Crippen LogP contribution in [0.4, 0.5) is 11.6 Å². The second-order valence-electron chi connectivity index (χ2n) is 4.99. The molecule has 0 spiro atoms. The van der Waals surface area contributed by atoms with Crippen LogP contribution in [0.3, 0.4) is 0 Å². The molecule has 0 bridgehead atoms. The Morgan fingerprint density at radius 3 is 2.62 bits per heavy atom. The van der Waals surface area contributed by atoms with Gasteiger partial charge in [0.15, 0.2) is 0 Å². The number of imidazole rings is 1. The highest BCUT2D eigenvalue weighted by Crippen LogP contribution is 2.15. The number of anilines is 2. The number of rotatable bonds is 4. The minimum atomic E-state index is 0.110. The van der Waals surface area contributed by atoms with Gasteiger partial charge in [-0.05, 0) is 12.1 Å². The molecule has 3 rings (SSSR count). The van der Waals surface area contributed by atoms with E-state index >= 15 is 0 Å². The Kier molecular flexibility index (Phi) is 4.04. The Bertz CT molecular complexity index is 561. The van der Waals surface area contributed by atoms with Gasteiger partial charge in [0, 0.05) is 44.3 Å². The van der Waals surface area contributed by atoms with E-state index in [9.17, 15) is 4.79 Å². The maximum Gasteiger partial charge on any atom is 0.242 e. The van der Waals surface area contributed by atoms with Crippen molar-refractivity contribution in [1.82, 2.24) is 14.9 Å². The monoisotopic (exact) mass is 285 g/mol. The largest absolute Gasteiger partial charge is 0.368 e. The highest BCUT2D eigenvalue weighted by molar-refractivity contribution is 5.80. The van der Waals surface area contributed by atoms with E-state index < -0.39 is 0 Å². The fourth-order valence-electron chi connectivity index (χ4n) is 2.49. The van der Waals surface area contributed by atoms with Crippen LogP contribution in [-0.4, -0.2) is 53.5 Å². The van der Waals surface area contributed by atoms with Crippen molar-refractivity contribution in [2.75, 3.05) is 42.9 Å². The molecule has 21 heavy (non-hydrogen) atoms. The zero-order valence-electron chi connectivity index (χ0n) is 11.8. The Balaban J connectivity index is 1.48. The minimum Gasteiger partial charge on any atom is -0.368 e. The Hall–Kier alpha value is -2.50. The predicted molar refractivity (Wildman–Crippen MR) is 82.3 cm³/mol. The van der Waals surface area contributed by atoms with E-state index in [1.165, 1.54) is 5.69 Å². The number of hydrogen-bond donors (Lipinski definition) is 2. The van der Waals surface area contributed by atoms with Crippen LogP contribution in [0.5, 0.6) is 0 Å². The number of para-hydroxylation sites is 1. The van der Waals surface area contributed by atoms with Gasteiger partial charge in [0.05, 0.1) is 6.54 Å². The summed E-state index contributed by atoms with van der Waals surface area (Å²) in [5.74, 6) is 0.741. The second kappa shape index (κ2) is 6.30. The molecule has 1 aromatic carbocycles. The lowest BCUT2D eigenvalue weighted by atomic mass is 10.2. The third kappa shape index (κ3) is 3.34. The number of H-pyrrole nitrogens is 1. The van der Waals surface area contributed by atoms with E-state index in [0.717, 1.165) is 26.2 Å². The fraction of sp³-hybridized carbons (Fsp3) is 0.333. The smallest absolute Gasteiger partial charge is 0.242 e. The van der Waals surface area contributed by atoms with Gasteiger partial charge in [-0.15, -0.1) is 0 Å². The van der Waals surface area contributed by atoms with Crippen LogP contribution >= 0.6 is 0 Å². The van der Waals surface area contributed by atoms with Crippen LogP contribution in [0.2, 0.25) is 0 Å². The first-order valence-electron chi connectivity index (χ1n) is 7.14. The molecule has 0 aliphatic carbocycles.